The summed E-state index contributed by atoms with van der Waals surface area (Å²) >= 11 is 0. The molecule has 2 nitrogen and oxygen atoms in total. The van der Waals surface area contributed by atoms with E-state index >= 15 is 0 Å². The van der Waals surface area contributed by atoms with Crippen molar-refractivity contribution in [1.29, 1.82) is 0 Å². The number of hydrogen-bond acceptors (Lipinski definition) is 0. The van der Waals surface area contributed by atoms with E-state index in [0.717, 1.165) is 12.8 Å². The molecule has 2 atom stereocenters. The lowest BCUT2D eigenvalue weighted by atomic mass is 9.61. The first-order chi connectivity index (χ1) is 12.5. The minimum absolute atomic E-state index is 0.0598. The van der Waals surface area contributed by atoms with Crippen LogP contribution in [0.2, 0.25) is 0 Å². The summed E-state index contributed by atoms with van der Waals surface area (Å²) in [6.07, 6.45) is 4.58. The number of fused-ring (bicyclic) bond motifs is 3. The van der Waals surface area contributed by atoms with E-state index in [-0.39, 0.29) is 11.0 Å². The molecule has 2 aromatic carbocycles. The lowest BCUT2D eigenvalue weighted by Gasteiger charge is -2.47. The summed E-state index contributed by atoms with van der Waals surface area (Å²) in [5.74, 6) is 0. The topological polar surface area (TPSA) is 9.03 Å². The smallest absolute Gasteiger partial charge is 0.221 e. The van der Waals surface area contributed by atoms with Crippen molar-refractivity contribution in [2.75, 3.05) is 0 Å². The van der Waals surface area contributed by atoms with E-state index < -0.39 is 0 Å². The molecule has 0 saturated carbocycles. The highest BCUT2D eigenvalue weighted by atomic mass is 15.2. The summed E-state index contributed by atoms with van der Waals surface area (Å²) in [6.45, 7) is 11.9. The van der Waals surface area contributed by atoms with E-state index in [0.29, 0.717) is 0 Å². The Balaban J connectivity index is 2.19. The molecule has 5 rings (SSSR count). The second-order valence-electron chi connectivity index (χ2n) is 8.36. The van der Waals surface area contributed by atoms with E-state index in [1.54, 1.807) is 0 Å². The number of pyridine rings is 1. The largest absolute Gasteiger partial charge is 0.295 e. The number of aromatic nitrogens is 2. The Kier molecular flexibility index (Phi) is 2.98. The molecule has 26 heavy (non-hydrogen) atoms. The van der Waals surface area contributed by atoms with Crippen molar-refractivity contribution in [2.45, 2.75) is 58.4 Å². The molecule has 0 spiro atoms. The van der Waals surface area contributed by atoms with Crippen molar-refractivity contribution in [3.05, 3.63) is 59.9 Å². The van der Waals surface area contributed by atoms with Crippen LogP contribution in [0, 0.1) is 6.92 Å². The second kappa shape index (κ2) is 4.88. The van der Waals surface area contributed by atoms with Gasteiger partial charge in [-0.2, -0.15) is 4.40 Å². The third kappa shape index (κ3) is 1.53. The van der Waals surface area contributed by atoms with Crippen LogP contribution < -0.4 is 4.40 Å². The molecule has 4 aromatic rings. The third-order valence-corrected chi connectivity index (χ3v) is 7.52. The first-order valence-electron chi connectivity index (χ1n) is 9.86. The summed E-state index contributed by atoms with van der Waals surface area (Å²) in [6, 6.07) is 15.8. The van der Waals surface area contributed by atoms with Gasteiger partial charge in [-0.3, -0.25) is 0 Å². The molecule has 0 bridgehead atoms. The van der Waals surface area contributed by atoms with E-state index in [2.05, 4.69) is 92.2 Å². The molecule has 132 valence electrons. The molecule has 0 saturated heterocycles. The second-order valence-corrected chi connectivity index (χ2v) is 8.36. The molecule has 0 aliphatic carbocycles. The lowest BCUT2D eigenvalue weighted by Crippen LogP contribution is -2.52. The first-order valence-corrected chi connectivity index (χ1v) is 9.86. The minimum Gasteiger partial charge on any atom is -0.221 e. The zero-order valence-electron chi connectivity index (χ0n) is 16.4. The normalized spacial score (nSPS) is 25.0. The van der Waals surface area contributed by atoms with Crippen LogP contribution in [0.4, 0.5) is 0 Å². The highest BCUT2D eigenvalue weighted by molar-refractivity contribution is 6.11. The number of imidazole rings is 1. The fourth-order valence-corrected chi connectivity index (χ4v) is 5.66. The predicted octanol–water partition coefficient (Wildman–Crippen LogP) is 5.65. The SMILES string of the molecule is CCC1(C)c2cccc3c4ccccc4[n+]4cc(C)n(c4c23)C1(C)CC. The molecule has 0 amide bonds. The van der Waals surface area contributed by atoms with Crippen LogP contribution in [0.5, 0.6) is 0 Å². The Morgan fingerprint density at radius 1 is 0.923 bits per heavy atom. The number of nitrogens with zero attached hydrogens (tertiary/aromatic N) is 2. The van der Waals surface area contributed by atoms with Crippen LogP contribution in [0.25, 0.3) is 27.3 Å². The Bertz CT molecular complexity index is 1200. The van der Waals surface area contributed by atoms with Crippen LogP contribution in [-0.4, -0.2) is 4.57 Å². The zero-order valence-corrected chi connectivity index (χ0v) is 16.4. The van der Waals surface area contributed by atoms with Gasteiger partial charge in [-0.1, -0.05) is 57.2 Å². The van der Waals surface area contributed by atoms with Gasteiger partial charge in [-0.05, 0) is 31.4 Å². The van der Waals surface area contributed by atoms with Crippen LogP contribution in [0.1, 0.15) is 51.8 Å². The maximum absolute atomic E-state index is 2.64. The van der Waals surface area contributed by atoms with Gasteiger partial charge >= 0.3 is 0 Å². The highest BCUT2D eigenvalue weighted by Gasteiger charge is 2.54. The summed E-state index contributed by atoms with van der Waals surface area (Å²) in [5.41, 5.74) is 5.68. The van der Waals surface area contributed by atoms with Crippen molar-refractivity contribution >= 4 is 27.3 Å². The summed E-state index contributed by atoms with van der Waals surface area (Å²) in [5, 5.41) is 4.17. The molecule has 1 aliphatic rings. The number of hydrogen-bond donors (Lipinski definition) is 0. The molecule has 2 unspecified atom stereocenters. The first kappa shape index (κ1) is 15.9. The van der Waals surface area contributed by atoms with E-state index in [1.165, 1.54) is 38.6 Å². The van der Waals surface area contributed by atoms with Gasteiger partial charge in [0.15, 0.2) is 0 Å². The maximum atomic E-state index is 2.64. The average molecular weight is 343 g/mol. The quantitative estimate of drug-likeness (QED) is 0.329. The van der Waals surface area contributed by atoms with E-state index in [9.17, 15) is 0 Å². The van der Waals surface area contributed by atoms with Crippen molar-refractivity contribution in [3.63, 3.8) is 0 Å². The monoisotopic (exact) mass is 343 g/mol. The van der Waals surface area contributed by atoms with Gasteiger partial charge in [0.1, 0.15) is 22.9 Å². The number of para-hydroxylation sites is 1. The molecular formula is C24H27N2+. The molecule has 0 N–H and O–H groups in total. The van der Waals surface area contributed by atoms with Crippen molar-refractivity contribution in [1.82, 2.24) is 4.57 Å². The fraction of sp³-hybridized carbons (Fsp3) is 0.375. The molecule has 0 fully saturated rings. The standard InChI is InChI=1S/C24H27N2/c1-6-23(4)19-13-10-12-18-17-11-8-9-14-20(17)25-15-16(3)26(22(25)21(18)19)24(23,5)7-2/h8-15H,6-7H2,1-5H3/q+1. The Morgan fingerprint density at radius 3 is 2.38 bits per heavy atom. The van der Waals surface area contributed by atoms with Crippen molar-refractivity contribution < 1.29 is 4.40 Å². The van der Waals surface area contributed by atoms with Gasteiger partial charge in [-0.25, -0.2) is 4.57 Å². The molecular weight excluding hydrogens is 316 g/mol. The predicted molar refractivity (Wildman–Crippen MR) is 109 cm³/mol. The third-order valence-electron chi connectivity index (χ3n) is 7.52. The number of rotatable bonds is 2. The van der Waals surface area contributed by atoms with Crippen LogP contribution in [-0.2, 0) is 11.0 Å². The van der Waals surface area contributed by atoms with Crippen molar-refractivity contribution in [2.24, 2.45) is 0 Å². The molecule has 3 heterocycles. The summed E-state index contributed by atoms with van der Waals surface area (Å²) < 4.78 is 5.07. The number of aryl methyl sites for hydroxylation is 1. The Labute approximate surface area is 155 Å². The Morgan fingerprint density at radius 2 is 1.65 bits per heavy atom. The molecule has 1 aliphatic heterocycles. The van der Waals surface area contributed by atoms with E-state index in [1.807, 2.05) is 0 Å². The minimum atomic E-state index is 0.0598. The average Bonchev–Trinajstić information content (AvgIpc) is 3.03. The van der Waals surface area contributed by atoms with Crippen LogP contribution >= 0.6 is 0 Å². The van der Waals surface area contributed by atoms with E-state index in [4.69, 9.17) is 0 Å². The van der Waals surface area contributed by atoms with Gasteiger partial charge < -0.3 is 0 Å². The van der Waals surface area contributed by atoms with Gasteiger partial charge in [-0.15, -0.1) is 0 Å². The van der Waals surface area contributed by atoms with Crippen molar-refractivity contribution in [3.8, 4) is 0 Å². The van der Waals surface area contributed by atoms with Crippen LogP contribution in [0.3, 0.4) is 0 Å². The lowest BCUT2D eigenvalue weighted by molar-refractivity contribution is -0.480. The van der Waals surface area contributed by atoms with Crippen LogP contribution in [0.15, 0.2) is 48.7 Å². The summed E-state index contributed by atoms with van der Waals surface area (Å²) in [4.78, 5) is 0. The van der Waals surface area contributed by atoms with Gasteiger partial charge in [0.2, 0.25) is 0 Å². The molecule has 2 aromatic heterocycles. The number of benzene rings is 2. The summed E-state index contributed by atoms with van der Waals surface area (Å²) in [7, 11) is 0. The van der Waals surface area contributed by atoms with Gasteiger partial charge in [0.25, 0.3) is 5.65 Å². The fourth-order valence-electron chi connectivity index (χ4n) is 5.66. The molecule has 0 radical (unpaired) electrons. The maximum Gasteiger partial charge on any atom is 0.295 e. The highest BCUT2D eigenvalue weighted by Crippen LogP contribution is 2.52. The molecule has 2 heteroatoms. The van der Waals surface area contributed by atoms with Gasteiger partial charge in [0, 0.05) is 23.1 Å². The van der Waals surface area contributed by atoms with Gasteiger partial charge in [0.05, 0.1) is 5.39 Å². The zero-order chi connectivity index (χ0) is 18.3. The Hall–Kier alpha value is -2.35.